The van der Waals surface area contributed by atoms with E-state index in [-0.39, 0.29) is 170 Å². The molecule has 15 aliphatic rings. The van der Waals surface area contributed by atoms with E-state index in [9.17, 15) is 59.4 Å². The Morgan fingerprint density at radius 3 is 0.748 bits per heavy atom. The minimum Gasteiger partial charge on any atom is -0.550 e. The molecule has 0 aliphatic heterocycles. The van der Waals surface area contributed by atoms with Gasteiger partial charge in [-0.3, -0.25) is 14.4 Å². The van der Waals surface area contributed by atoms with Gasteiger partial charge in [0, 0.05) is 51.9 Å². The van der Waals surface area contributed by atoms with Crippen molar-refractivity contribution in [1.29, 1.82) is 0 Å². The predicted octanol–water partition coefficient (Wildman–Crippen LogP) is 14.9. The molecule has 27 atom stereocenters. The van der Waals surface area contributed by atoms with Gasteiger partial charge in [0.05, 0.1) is 18.3 Å². The van der Waals surface area contributed by atoms with Gasteiger partial charge in [0.2, 0.25) is 0 Å². The average molecular weight is 1440 g/mol. The Kier molecular flexibility index (Phi) is 18.8. The minimum atomic E-state index is -0.940. The summed E-state index contributed by atoms with van der Waals surface area (Å²) in [4.78, 5) is 78.9. The normalized spacial score (nSPS) is 53.6. The molecule has 12 nitrogen and oxygen atoms in total. The van der Waals surface area contributed by atoms with Crippen LogP contribution in [-0.2, 0) is 28.8 Å². The summed E-state index contributed by atoms with van der Waals surface area (Å²) in [5.41, 5.74) is -0.234. The molecule has 12 fully saturated rings. The fourth-order valence-electron chi connectivity index (χ4n) is 31.1. The van der Waals surface area contributed by atoms with Crippen molar-refractivity contribution in [3.63, 3.8) is 0 Å². The van der Waals surface area contributed by atoms with E-state index in [1.54, 1.807) is 0 Å². The number of aliphatic carboxylic acids is 3. The van der Waals surface area contributed by atoms with Crippen LogP contribution in [0.15, 0.2) is 34.9 Å². The van der Waals surface area contributed by atoms with E-state index in [4.69, 9.17) is 0 Å². The van der Waals surface area contributed by atoms with Crippen LogP contribution in [0.25, 0.3) is 0 Å². The van der Waals surface area contributed by atoms with Crippen molar-refractivity contribution in [3.05, 3.63) is 34.9 Å². The Labute approximate surface area is 631 Å². The fraction of sp³-hybridized carbons (Fsp3) is 0.867. The Bertz CT molecular complexity index is 3270. The van der Waals surface area contributed by atoms with Crippen LogP contribution in [0.2, 0.25) is 0 Å². The molecule has 103 heavy (non-hydrogen) atoms. The van der Waals surface area contributed by atoms with Gasteiger partial charge >= 0.3 is 17.4 Å². The van der Waals surface area contributed by atoms with E-state index in [0.717, 1.165) is 135 Å². The number of carboxylic acid groups (broad SMARTS) is 3. The number of carbonyl (C=O) groups excluding carboxylic acids is 6. The van der Waals surface area contributed by atoms with Crippen LogP contribution >= 0.6 is 0 Å². The number of hydrogen-bond acceptors (Lipinski definition) is 12. The summed E-state index contributed by atoms with van der Waals surface area (Å²) < 4.78 is 0. The van der Waals surface area contributed by atoms with E-state index in [1.807, 2.05) is 39.0 Å². The first kappa shape index (κ1) is 79.6. The molecule has 13 heteroatoms. The number of allylic oxidation sites excluding steroid dienone is 6. The van der Waals surface area contributed by atoms with Crippen molar-refractivity contribution in [1.82, 2.24) is 0 Å². The van der Waals surface area contributed by atoms with Gasteiger partial charge in [0.1, 0.15) is 0 Å². The van der Waals surface area contributed by atoms with Gasteiger partial charge in [-0.05, 0) is 308 Å². The third-order valence-electron chi connectivity index (χ3n) is 39.1. The van der Waals surface area contributed by atoms with Crippen molar-refractivity contribution < 1.29 is 59.4 Å². The van der Waals surface area contributed by atoms with Crippen LogP contribution in [0.3, 0.4) is 0 Å². The summed E-state index contributed by atoms with van der Waals surface area (Å²) in [6.07, 6.45) is 29.1. The second-order valence-electron chi connectivity index (χ2n) is 44.7. The molecule has 0 bridgehead atoms. The molecule has 0 saturated heterocycles. The molecule has 0 spiro atoms. The molecule has 0 aromatic carbocycles. The molecule has 12 saturated carbocycles. The predicted molar refractivity (Wildman–Crippen MR) is 397 cm³/mol. The number of carboxylic acids is 3. The molecular weight excluding hydrogens is 1300 g/mol. The van der Waals surface area contributed by atoms with E-state index in [1.165, 1.54) is 16.7 Å². The van der Waals surface area contributed by atoms with Gasteiger partial charge in [-0.15, -0.1) is 0 Å². The Morgan fingerprint density at radius 2 is 0.534 bits per heavy atom. The van der Waals surface area contributed by atoms with Gasteiger partial charge < -0.3 is 45.0 Å². The summed E-state index contributed by atoms with van der Waals surface area (Å²) in [5, 5.41) is 68.9. The van der Waals surface area contributed by atoms with E-state index >= 15 is 0 Å². The van der Waals surface area contributed by atoms with E-state index < -0.39 is 34.2 Å². The molecule has 0 heterocycles. The summed E-state index contributed by atoms with van der Waals surface area (Å²) in [7, 11) is 0. The number of carbonyl (C=O) groups is 6. The van der Waals surface area contributed by atoms with Crippen LogP contribution in [0, 0.1) is 151 Å². The summed E-state index contributed by atoms with van der Waals surface area (Å²) in [5.74, 6) is -0.798. The zero-order valence-electron chi connectivity index (χ0n) is 67.8. The zero-order valence-corrected chi connectivity index (χ0v) is 69.0. The second-order valence-corrected chi connectivity index (χ2v) is 44.7. The average Bonchev–Trinajstić information content (AvgIpc) is 0.683. The first-order chi connectivity index (χ1) is 46.7. The number of aliphatic hydroxyl groups is 3. The first-order valence-electron chi connectivity index (χ1n) is 41.1. The third-order valence-corrected chi connectivity index (χ3v) is 39.1. The van der Waals surface area contributed by atoms with Crippen molar-refractivity contribution in [2.45, 2.75) is 337 Å². The molecule has 0 radical (unpaired) electrons. The molecule has 0 unspecified atom stereocenters. The largest absolute Gasteiger partial charge is 3.00 e. The second kappa shape index (κ2) is 24.3. The SMILES string of the molecule is CC1(C)[C@@H](O)CC[C@]2(C)[C@H]3C(=O)C=C4[C@@H]5C[C@@](C)(C(=O)[O-])CC[C@]5(C)CC[C@@]4(C)[C@]3(C)CC[C@@H]12.CC1(C)[C@@H](O)CC[C@]2(C)[C@H]3C(=O)C=C4[C@@H]5C[C@@](C)(C(=O)[O-])CC[C@]5(C)CC[C@@]4(C)[C@]3(C)CC[C@@H]12.CC1(C)[C@@H](O)CC[C@]2(C)[C@H]3C(=O)C=C4[C@@H]5C[C@@](C)(C(=O)[O-])CC[C@]5(C)CC[C@@]4(C)[C@]3(C)CC[C@@H]12.[Al+3]. The maximum Gasteiger partial charge on any atom is 3.00 e. The number of ketones is 3. The molecule has 0 aromatic heterocycles. The third kappa shape index (κ3) is 10.6. The van der Waals surface area contributed by atoms with Crippen LogP contribution in [-0.4, -0.2) is 86.3 Å². The smallest absolute Gasteiger partial charge is 0.550 e. The number of fused-ring (bicyclic) bond motifs is 21. The van der Waals surface area contributed by atoms with Crippen molar-refractivity contribution >= 4 is 52.6 Å². The number of rotatable bonds is 3. The van der Waals surface area contributed by atoms with Crippen molar-refractivity contribution in [2.24, 2.45) is 151 Å². The van der Waals surface area contributed by atoms with E-state index in [2.05, 4.69) is 125 Å². The molecule has 3 N–H and O–H groups in total. The topological polar surface area (TPSA) is 232 Å². The van der Waals surface area contributed by atoms with Crippen LogP contribution in [0.5, 0.6) is 0 Å². The monoisotopic (exact) mass is 1430 g/mol. The van der Waals surface area contributed by atoms with Gasteiger partial charge in [0.15, 0.2) is 17.3 Å². The number of hydrogen-bond donors (Lipinski definition) is 3. The standard InChI is InChI=1S/3C30H46O4.Al/c3*1-25(2)21-8-11-30(7)23(28(21,5)10-9-22(25)32)20(31)16-18-19-17-27(4,24(33)34)13-12-26(19,3)14-15-29(18,30)6;/h3*16,19,21-23,32H,8-15,17H2,1-7H3,(H,33,34);/q;;;+3/p-3/t3*19-,21-,22-,23+,26+,27-,28-,29+,30+;/m000./s1. The van der Waals surface area contributed by atoms with Gasteiger partial charge in [-0.25, -0.2) is 0 Å². The van der Waals surface area contributed by atoms with Crippen LogP contribution in [0.4, 0.5) is 0 Å². The molecule has 570 valence electrons. The maximum atomic E-state index is 14.2. The summed E-state index contributed by atoms with van der Waals surface area (Å²) in [6, 6.07) is 0. The Hall–Kier alpha value is -2.95. The van der Waals surface area contributed by atoms with E-state index in [0.29, 0.717) is 56.3 Å². The molecule has 0 amide bonds. The quantitative estimate of drug-likeness (QED) is 0.224. The Balaban J connectivity index is 0.000000145. The molecule has 15 aliphatic carbocycles. The fourth-order valence-corrected chi connectivity index (χ4v) is 31.1. The summed E-state index contributed by atoms with van der Waals surface area (Å²) in [6.45, 7) is 47.1. The molecular formula is C90H135AlO12. The summed E-state index contributed by atoms with van der Waals surface area (Å²) >= 11 is 0. The molecule has 0 aromatic rings. The van der Waals surface area contributed by atoms with Gasteiger partial charge in [-0.2, -0.15) is 0 Å². The van der Waals surface area contributed by atoms with Gasteiger partial charge in [-0.1, -0.05) is 162 Å². The molecule has 15 rings (SSSR count). The minimum absolute atomic E-state index is 0. The van der Waals surface area contributed by atoms with Crippen LogP contribution in [0.1, 0.15) is 319 Å². The number of aliphatic hydroxyl groups excluding tert-OH is 3. The van der Waals surface area contributed by atoms with Gasteiger partial charge in [0.25, 0.3) is 0 Å². The van der Waals surface area contributed by atoms with Crippen molar-refractivity contribution in [3.8, 4) is 0 Å². The van der Waals surface area contributed by atoms with Crippen LogP contribution < -0.4 is 15.3 Å². The first-order valence-corrected chi connectivity index (χ1v) is 41.1. The maximum absolute atomic E-state index is 14.2. The Morgan fingerprint density at radius 1 is 0.320 bits per heavy atom. The van der Waals surface area contributed by atoms with Crippen molar-refractivity contribution in [2.75, 3.05) is 0 Å². The zero-order chi connectivity index (χ0) is 75.3.